The molecule has 3 aromatic rings. The molecule has 2 aromatic carbocycles. The van der Waals surface area contributed by atoms with Crippen LogP contribution in [0.4, 0.5) is 5.69 Å². The number of benzene rings is 2. The van der Waals surface area contributed by atoms with Gasteiger partial charge < -0.3 is 40.4 Å². The summed E-state index contributed by atoms with van der Waals surface area (Å²) in [6, 6.07) is 11.2. The van der Waals surface area contributed by atoms with Crippen molar-refractivity contribution in [3.8, 4) is 5.75 Å². The van der Waals surface area contributed by atoms with Crippen molar-refractivity contribution in [3.63, 3.8) is 0 Å². The molecule has 2 bridgehead atoms. The minimum absolute atomic E-state index is 0.0699. The predicted molar refractivity (Wildman–Crippen MR) is 222 cm³/mol. The molecule has 17 heteroatoms. The normalized spacial score (nSPS) is 37.0. The Kier molecular flexibility index (Phi) is 10.5. The molecule has 0 radical (unpaired) electrons. The molecule has 6 heterocycles. The molecule has 1 saturated carbocycles. The molecule has 6 aliphatic rings. The largest absolute Gasteiger partial charge is 0.496 e. The van der Waals surface area contributed by atoms with Crippen LogP contribution in [-0.4, -0.2) is 143 Å². The van der Waals surface area contributed by atoms with E-state index in [4.69, 9.17) is 32.7 Å². The van der Waals surface area contributed by atoms with Gasteiger partial charge in [-0.2, -0.15) is 8.42 Å². The number of nitrogens with one attached hydrogen (secondary N) is 1. The van der Waals surface area contributed by atoms with Gasteiger partial charge >= 0.3 is 16.4 Å². The summed E-state index contributed by atoms with van der Waals surface area (Å²) < 4.78 is 43.8. The molecular formula is C43H59N5O11S. The standard InChI is InChI=1S/C43H57N5O7.H2O4S/c1-6-39(52)21-25-22-42(38(51)55-5,33-27(13-17-47(23-25)24-39)26-11-8-9-12-30(26)45-33)29-19-28-31(20-32(29)54-4)46(3)35-41(28)15-18-48-16-10-14-40(7-2,34(41)48)36(49)43(35,53)37(44)50;1-5(2,3)4/h8-9,11-12,19-20,25,34-36,45,49,52-53H,6-7,10,13-18,21-24H2,1-5H3,(H2,44,50);(H2,1,2,3,4)/t25-,34+,35-,36-,39+,40-,41-,42+,43+;/m1./s1. The number of hydrogen-bond acceptors (Lipinski definition) is 12. The molecule has 9 rings (SSSR count). The summed E-state index contributed by atoms with van der Waals surface area (Å²) in [5.74, 6) is -0.933. The minimum atomic E-state index is -4.67. The van der Waals surface area contributed by atoms with Crippen molar-refractivity contribution in [3.05, 3.63) is 58.8 Å². The zero-order valence-corrected chi connectivity index (χ0v) is 35.8. The molecule has 3 saturated heterocycles. The van der Waals surface area contributed by atoms with E-state index in [-0.39, 0.29) is 12.0 Å². The molecule has 328 valence electrons. The van der Waals surface area contributed by atoms with E-state index in [1.54, 1.807) is 7.11 Å². The first-order valence-electron chi connectivity index (χ1n) is 21.0. The summed E-state index contributed by atoms with van der Waals surface area (Å²) >= 11 is 0. The number of fused-ring (bicyclic) bond motifs is 6. The van der Waals surface area contributed by atoms with Crippen LogP contribution in [0.5, 0.6) is 5.75 Å². The average molecular weight is 854 g/mol. The second kappa shape index (κ2) is 14.6. The fourth-order valence-corrected chi connectivity index (χ4v) is 13.5. The van der Waals surface area contributed by atoms with Crippen molar-refractivity contribution in [2.75, 3.05) is 58.9 Å². The molecule has 4 fully saturated rings. The Morgan fingerprint density at radius 2 is 1.70 bits per heavy atom. The summed E-state index contributed by atoms with van der Waals surface area (Å²) in [6.45, 7) is 7.70. The highest BCUT2D eigenvalue weighted by Crippen LogP contribution is 2.68. The number of primary amides is 1. The maximum Gasteiger partial charge on any atom is 0.394 e. The van der Waals surface area contributed by atoms with Crippen molar-refractivity contribution in [2.45, 2.75) is 105 Å². The number of para-hydroxylation sites is 1. The Balaban J connectivity index is 0.000000943. The van der Waals surface area contributed by atoms with Crippen molar-refractivity contribution in [1.82, 2.24) is 14.8 Å². The van der Waals surface area contributed by atoms with Crippen LogP contribution >= 0.6 is 0 Å². The van der Waals surface area contributed by atoms with E-state index in [9.17, 15) is 20.1 Å². The molecule has 16 nitrogen and oxygen atoms in total. The quantitative estimate of drug-likeness (QED) is 0.139. The number of carbonyl (C=O) groups excluding carboxylic acids is 2. The van der Waals surface area contributed by atoms with Gasteiger partial charge in [-0.05, 0) is 93.6 Å². The van der Waals surface area contributed by atoms with Crippen molar-refractivity contribution in [1.29, 1.82) is 0 Å². The van der Waals surface area contributed by atoms with Crippen LogP contribution in [0.1, 0.15) is 81.2 Å². The maximum atomic E-state index is 15.2. The van der Waals surface area contributed by atoms with Gasteiger partial charge in [-0.1, -0.05) is 32.0 Å². The first kappa shape index (κ1) is 42.9. The lowest BCUT2D eigenvalue weighted by atomic mass is 9.46. The molecule has 1 unspecified atom stereocenters. The van der Waals surface area contributed by atoms with Gasteiger partial charge in [0.1, 0.15) is 17.3 Å². The van der Waals surface area contributed by atoms with E-state index in [2.05, 4.69) is 26.9 Å². The second-order valence-electron chi connectivity index (χ2n) is 18.3. The molecule has 1 spiro atoms. The van der Waals surface area contributed by atoms with E-state index in [0.717, 1.165) is 66.0 Å². The molecule has 8 N–H and O–H groups in total. The SMILES string of the molecule is CC[C@]1(O)C[C@H]2CN(CCc3c([nH]c4ccccc34)[C@@](C(=O)OC)(c3cc4c(cc3OC)N(C)[C@H]3[C@@](O)(C(N)=O)[C@H](O)[C@]5(CC)CCCN6CC[C@]43[C@@H]65)C2)C1.O=S(=O)(O)O. The molecular weight excluding hydrogens is 795 g/mol. The monoisotopic (exact) mass is 853 g/mol. The third-order valence-corrected chi connectivity index (χ3v) is 15.7. The number of nitrogens with two attached hydrogens (primary N) is 1. The molecule has 10 atom stereocenters. The van der Waals surface area contributed by atoms with Crippen LogP contribution in [0.3, 0.4) is 0 Å². The number of aliphatic hydroxyl groups is 3. The second-order valence-corrected chi connectivity index (χ2v) is 19.2. The highest BCUT2D eigenvalue weighted by Gasteiger charge is 2.79. The Morgan fingerprint density at radius 3 is 2.35 bits per heavy atom. The first-order chi connectivity index (χ1) is 28.3. The van der Waals surface area contributed by atoms with E-state index in [1.807, 2.05) is 50.1 Å². The van der Waals surface area contributed by atoms with Crippen LogP contribution in [-0.2, 0) is 42.0 Å². The average Bonchev–Trinajstić information content (AvgIpc) is 3.87. The number of aromatic amines is 1. The van der Waals surface area contributed by atoms with Gasteiger partial charge in [0.2, 0.25) is 0 Å². The smallest absolute Gasteiger partial charge is 0.394 e. The number of hydrogen-bond donors (Lipinski definition) is 7. The Labute approximate surface area is 350 Å². The van der Waals surface area contributed by atoms with Gasteiger partial charge in [0.05, 0.1) is 25.9 Å². The predicted octanol–water partition coefficient (Wildman–Crippen LogP) is 2.30. The van der Waals surface area contributed by atoms with Crippen molar-refractivity contribution in [2.24, 2.45) is 17.1 Å². The molecule has 5 aliphatic heterocycles. The van der Waals surface area contributed by atoms with Crippen LogP contribution in [0, 0.1) is 11.3 Å². The molecule has 60 heavy (non-hydrogen) atoms. The Morgan fingerprint density at radius 1 is 0.983 bits per heavy atom. The Hall–Kier alpha value is -3.81. The van der Waals surface area contributed by atoms with Gasteiger partial charge in [0.15, 0.2) is 5.60 Å². The molecule has 1 aliphatic carbocycles. The van der Waals surface area contributed by atoms with Crippen LogP contribution in [0.15, 0.2) is 36.4 Å². The third kappa shape index (κ3) is 5.97. The number of ether oxygens (including phenoxy) is 2. The van der Waals surface area contributed by atoms with Gasteiger partial charge in [-0.25, -0.2) is 0 Å². The highest BCUT2D eigenvalue weighted by molar-refractivity contribution is 7.79. The fourth-order valence-electron chi connectivity index (χ4n) is 13.5. The van der Waals surface area contributed by atoms with Crippen LogP contribution < -0.4 is 15.4 Å². The topological polar surface area (TPSA) is 239 Å². The summed E-state index contributed by atoms with van der Waals surface area (Å²) in [4.78, 5) is 39.4. The summed E-state index contributed by atoms with van der Waals surface area (Å²) in [5.41, 5.74) is 5.16. The number of piperidine rings is 2. The van der Waals surface area contributed by atoms with E-state index < -0.39 is 61.9 Å². The fraction of sp³-hybridized carbons (Fsp3) is 0.628. The summed E-state index contributed by atoms with van der Waals surface area (Å²) in [7, 11) is 0.259. The number of aliphatic hydroxyl groups excluding tert-OH is 1. The minimum Gasteiger partial charge on any atom is -0.496 e. The van der Waals surface area contributed by atoms with Crippen LogP contribution in [0.2, 0.25) is 0 Å². The lowest BCUT2D eigenvalue weighted by molar-refractivity contribution is -0.220. The summed E-state index contributed by atoms with van der Waals surface area (Å²) in [5, 5.41) is 38.1. The third-order valence-electron chi connectivity index (χ3n) is 15.7. The lowest BCUT2D eigenvalue weighted by Crippen LogP contribution is -2.82. The first-order valence-corrected chi connectivity index (χ1v) is 22.4. The highest BCUT2D eigenvalue weighted by atomic mass is 32.3. The molecule has 1 amide bonds. The Bertz CT molecular complexity index is 2320. The summed E-state index contributed by atoms with van der Waals surface area (Å²) in [6.07, 6.45) is 3.47. The number of anilines is 1. The number of carbonyl (C=O) groups is 2. The van der Waals surface area contributed by atoms with E-state index in [0.29, 0.717) is 62.8 Å². The number of H-pyrrole nitrogens is 1. The van der Waals surface area contributed by atoms with Gasteiger partial charge in [-0.3, -0.25) is 28.5 Å². The number of esters is 1. The van der Waals surface area contributed by atoms with Gasteiger partial charge in [0, 0.05) is 77.5 Å². The van der Waals surface area contributed by atoms with Crippen LogP contribution in [0.25, 0.3) is 10.9 Å². The van der Waals surface area contributed by atoms with E-state index >= 15 is 4.79 Å². The number of nitrogens with zero attached hydrogens (tertiary/aromatic N) is 3. The van der Waals surface area contributed by atoms with Gasteiger partial charge in [-0.15, -0.1) is 0 Å². The number of aromatic nitrogens is 1. The number of likely N-dealkylation sites (N-methyl/N-ethyl adjacent to an activating group) is 1. The molecule has 1 aromatic heterocycles. The zero-order valence-electron chi connectivity index (χ0n) is 35.0. The van der Waals surface area contributed by atoms with E-state index in [1.165, 1.54) is 7.11 Å². The zero-order chi connectivity index (χ0) is 43.4. The van der Waals surface area contributed by atoms with Crippen molar-refractivity contribution < 1.29 is 51.9 Å². The lowest BCUT2D eigenvalue weighted by Gasteiger charge is -2.64. The van der Waals surface area contributed by atoms with Gasteiger partial charge in [0.25, 0.3) is 5.91 Å². The number of methoxy groups -OCH3 is 2. The maximum absolute atomic E-state index is 15.2. The van der Waals surface area contributed by atoms with Crippen molar-refractivity contribution >= 4 is 38.9 Å². The number of rotatable bonds is 6. The number of amides is 1.